The third kappa shape index (κ3) is 1.06. The van der Waals surface area contributed by atoms with Crippen molar-refractivity contribution in [3.05, 3.63) is 11.8 Å². The van der Waals surface area contributed by atoms with E-state index in [1.807, 2.05) is 6.20 Å². The Balaban J connectivity index is 2.72. The van der Waals surface area contributed by atoms with Crippen molar-refractivity contribution in [1.29, 1.82) is 0 Å². The highest BCUT2D eigenvalue weighted by atomic mass is 16.1. The van der Waals surface area contributed by atoms with Crippen LogP contribution < -0.4 is 5.32 Å². The van der Waals surface area contributed by atoms with Crippen molar-refractivity contribution in [3.63, 3.8) is 0 Å². The Labute approximate surface area is 61.3 Å². The van der Waals surface area contributed by atoms with Gasteiger partial charge in [-0.2, -0.15) is 0 Å². The zero-order valence-corrected chi connectivity index (χ0v) is 6.64. The van der Waals surface area contributed by atoms with Gasteiger partial charge >= 0.3 is 0 Å². The summed E-state index contributed by atoms with van der Waals surface area (Å²) >= 11 is 0. The normalized spacial score (nSPS) is 31.3. The quantitative estimate of drug-likeness (QED) is 0.589. The molecule has 0 aromatic carbocycles. The summed E-state index contributed by atoms with van der Waals surface area (Å²) in [5, 5.41) is 3.12. The molecule has 0 aromatic rings. The molecule has 0 saturated carbocycles. The van der Waals surface area contributed by atoms with Gasteiger partial charge in [0.1, 0.15) is 0 Å². The third-order valence-electron chi connectivity index (χ3n) is 2.15. The second-order valence-electron chi connectivity index (χ2n) is 2.90. The maximum absolute atomic E-state index is 10.9. The highest BCUT2D eigenvalue weighted by molar-refractivity contribution is 5.94. The van der Waals surface area contributed by atoms with Crippen LogP contribution in [0.15, 0.2) is 11.8 Å². The van der Waals surface area contributed by atoms with Gasteiger partial charge in [-0.05, 0) is 13.8 Å². The van der Waals surface area contributed by atoms with Gasteiger partial charge < -0.3 is 5.32 Å². The van der Waals surface area contributed by atoms with Crippen molar-refractivity contribution in [2.24, 2.45) is 5.92 Å². The summed E-state index contributed by atoms with van der Waals surface area (Å²) in [5.74, 6) is 0.557. The van der Waals surface area contributed by atoms with E-state index in [0.29, 0.717) is 12.0 Å². The summed E-state index contributed by atoms with van der Waals surface area (Å²) in [6, 6.07) is 0.416. The summed E-state index contributed by atoms with van der Waals surface area (Å²) < 4.78 is 0. The van der Waals surface area contributed by atoms with E-state index in [-0.39, 0.29) is 5.78 Å². The maximum Gasteiger partial charge on any atom is 0.157 e. The summed E-state index contributed by atoms with van der Waals surface area (Å²) in [6.45, 7) is 5.76. The molecule has 1 heterocycles. The van der Waals surface area contributed by atoms with Crippen LogP contribution in [0.4, 0.5) is 0 Å². The Kier molecular flexibility index (Phi) is 1.79. The SMILES string of the molecule is CC(=O)C1=CNC(C)C1C. The molecule has 0 spiro atoms. The molecule has 2 heteroatoms. The number of hydrogen-bond acceptors (Lipinski definition) is 2. The smallest absolute Gasteiger partial charge is 0.157 e. The predicted molar refractivity (Wildman–Crippen MR) is 40.5 cm³/mol. The number of carbonyl (C=O) groups excluding carboxylic acids is 1. The number of carbonyl (C=O) groups is 1. The summed E-state index contributed by atoms with van der Waals surface area (Å²) in [7, 11) is 0. The van der Waals surface area contributed by atoms with E-state index in [1.54, 1.807) is 6.92 Å². The fourth-order valence-electron chi connectivity index (χ4n) is 1.19. The monoisotopic (exact) mass is 139 g/mol. The van der Waals surface area contributed by atoms with Gasteiger partial charge in [0.2, 0.25) is 0 Å². The highest BCUT2D eigenvalue weighted by Gasteiger charge is 2.23. The molecule has 1 aliphatic heterocycles. The number of hydrogen-bond donors (Lipinski definition) is 1. The summed E-state index contributed by atoms with van der Waals surface area (Å²) in [4.78, 5) is 10.9. The van der Waals surface area contributed by atoms with E-state index in [0.717, 1.165) is 5.57 Å². The molecule has 0 aromatic heterocycles. The fraction of sp³-hybridized carbons (Fsp3) is 0.625. The van der Waals surface area contributed by atoms with Crippen LogP contribution >= 0.6 is 0 Å². The van der Waals surface area contributed by atoms with Gasteiger partial charge in [0.25, 0.3) is 0 Å². The van der Waals surface area contributed by atoms with Crippen molar-refractivity contribution in [2.75, 3.05) is 0 Å². The molecule has 0 radical (unpaired) electrons. The predicted octanol–water partition coefficient (Wildman–Crippen LogP) is 1.09. The maximum atomic E-state index is 10.9. The van der Waals surface area contributed by atoms with Gasteiger partial charge in [-0.3, -0.25) is 4.79 Å². The van der Waals surface area contributed by atoms with Crippen molar-refractivity contribution in [2.45, 2.75) is 26.8 Å². The molecule has 2 nitrogen and oxygen atoms in total. The number of ketones is 1. The van der Waals surface area contributed by atoms with Gasteiger partial charge in [-0.25, -0.2) is 0 Å². The minimum atomic E-state index is 0.185. The first kappa shape index (κ1) is 7.32. The van der Waals surface area contributed by atoms with Crippen LogP contribution in [0.1, 0.15) is 20.8 Å². The minimum absolute atomic E-state index is 0.185. The highest BCUT2D eigenvalue weighted by Crippen LogP contribution is 2.20. The standard InChI is InChI=1S/C8H13NO/c1-5-6(2)9-4-8(5)7(3)10/h4-6,9H,1-3H3. The summed E-state index contributed by atoms with van der Waals surface area (Å²) in [6.07, 6.45) is 1.83. The first-order valence-corrected chi connectivity index (χ1v) is 3.60. The lowest BCUT2D eigenvalue weighted by molar-refractivity contribution is -0.114. The Morgan fingerprint density at radius 1 is 1.60 bits per heavy atom. The van der Waals surface area contributed by atoms with Crippen LogP contribution in [0.5, 0.6) is 0 Å². The third-order valence-corrected chi connectivity index (χ3v) is 2.15. The van der Waals surface area contributed by atoms with Crippen molar-refractivity contribution >= 4 is 5.78 Å². The van der Waals surface area contributed by atoms with Crippen LogP contribution in [-0.4, -0.2) is 11.8 Å². The van der Waals surface area contributed by atoms with Gasteiger partial charge in [0, 0.05) is 23.7 Å². The van der Waals surface area contributed by atoms with Gasteiger partial charge in [0.05, 0.1) is 0 Å². The zero-order valence-electron chi connectivity index (χ0n) is 6.64. The molecule has 2 atom stereocenters. The molecular weight excluding hydrogens is 126 g/mol. The number of nitrogens with one attached hydrogen (secondary N) is 1. The lowest BCUT2D eigenvalue weighted by atomic mass is 9.96. The molecule has 1 aliphatic rings. The lowest BCUT2D eigenvalue weighted by Crippen LogP contribution is -2.22. The molecule has 2 unspecified atom stereocenters. The van der Waals surface area contributed by atoms with Crippen LogP contribution in [0.2, 0.25) is 0 Å². The average Bonchev–Trinajstić information content (AvgIpc) is 2.14. The van der Waals surface area contributed by atoms with E-state index in [1.165, 1.54) is 0 Å². The fourth-order valence-corrected chi connectivity index (χ4v) is 1.19. The van der Waals surface area contributed by atoms with Crippen LogP contribution in [0.3, 0.4) is 0 Å². The molecule has 0 fully saturated rings. The minimum Gasteiger partial charge on any atom is -0.387 e. The van der Waals surface area contributed by atoms with Gasteiger partial charge in [0.15, 0.2) is 5.78 Å². The van der Waals surface area contributed by atoms with Crippen molar-refractivity contribution in [3.8, 4) is 0 Å². The number of rotatable bonds is 1. The van der Waals surface area contributed by atoms with Crippen molar-refractivity contribution < 1.29 is 4.79 Å². The van der Waals surface area contributed by atoms with E-state index in [4.69, 9.17) is 0 Å². The van der Waals surface area contributed by atoms with E-state index < -0.39 is 0 Å². The molecular formula is C8H13NO. The molecule has 1 N–H and O–H groups in total. The second kappa shape index (κ2) is 2.45. The largest absolute Gasteiger partial charge is 0.387 e. The Hall–Kier alpha value is -0.790. The molecule has 10 heavy (non-hydrogen) atoms. The molecule has 0 saturated heterocycles. The second-order valence-corrected chi connectivity index (χ2v) is 2.90. The number of Topliss-reactive ketones (excluding diaryl/α,β-unsaturated/α-hetero) is 1. The van der Waals surface area contributed by atoms with Gasteiger partial charge in [-0.15, -0.1) is 0 Å². The lowest BCUT2D eigenvalue weighted by Gasteiger charge is -2.11. The Bertz CT molecular complexity index is 184. The molecule has 0 amide bonds. The van der Waals surface area contributed by atoms with E-state index in [2.05, 4.69) is 19.2 Å². The molecule has 0 aliphatic carbocycles. The Morgan fingerprint density at radius 2 is 2.20 bits per heavy atom. The Morgan fingerprint density at radius 3 is 2.40 bits per heavy atom. The van der Waals surface area contributed by atoms with E-state index >= 15 is 0 Å². The van der Waals surface area contributed by atoms with Crippen LogP contribution in [0, 0.1) is 5.92 Å². The molecule has 1 rings (SSSR count). The van der Waals surface area contributed by atoms with E-state index in [9.17, 15) is 4.79 Å². The van der Waals surface area contributed by atoms with Gasteiger partial charge in [-0.1, -0.05) is 6.92 Å². The molecule has 0 bridgehead atoms. The first-order valence-electron chi connectivity index (χ1n) is 3.60. The van der Waals surface area contributed by atoms with Crippen LogP contribution in [-0.2, 0) is 4.79 Å². The zero-order chi connectivity index (χ0) is 7.72. The first-order chi connectivity index (χ1) is 4.63. The average molecular weight is 139 g/mol. The topological polar surface area (TPSA) is 29.1 Å². The summed E-state index contributed by atoms with van der Waals surface area (Å²) in [5.41, 5.74) is 0.924. The van der Waals surface area contributed by atoms with Crippen molar-refractivity contribution in [1.82, 2.24) is 5.32 Å². The molecule has 56 valence electrons. The van der Waals surface area contributed by atoms with Crippen LogP contribution in [0.25, 0.3) is 0 Å².